The van der Waals surface area contributed by atoms with Crippen LogP contribution in [-0.2, 0) is 14.4 Å². The maximum Gasteiger partial charge on any atom is 0.269 e. The van der Waals surface area contributed by atoms with E-state index in [4.69, 9.17) is 16.4 Å². The molecule has 0 aromatic heterocycles. The molecule has 166 valence electrons. The number of imide groups is 1. The number of halogens is 1. The zero-order valence-electron chi connectivity index (χ0n) is 17.4. The third-order valence-corrected chi connectivity index (χ3v) is 6.27. The van der Waals surface area contributed by atoms with Gasteiger partial charge in [-0.3, -0.25) is 24.5 Å². The number of nitro benzene ring substituents is 1. The maximum atomic E-state index is 13.6. The highest BCUT2D eigenvalue weighted by Gasteiger charge is 2.60. The van der Waals surface area contributed by atoms with Gasteiger partial charge in [-0.15, -0.1) is 0 Å². The van der Waals surface area contributed by atoms with Crippen molar-refractivity contribution >= 4 is 40.5 Å². The van der Waals surface area contributed by atoms with Gasteiger partial charge in [-0.05, 0) is 37.3 Å². The monoisotopic (exact) mass is 463 g/mol. The summed E-state index contributed by atoms with van der Waals surface area (Å²) in [5.74, 6) is -1.86. The Balaban J connectivity index is 1.63. The quantitative estimate of drug-likeness (QED) is 0.319. The molecule has 3 aromatic carbocycles. The molecular weight excluding hydrogens is 446 g/mol. The largest absolute Gasteiger partial charge is 0.273 e. The molecule has 2 amide bonds. The van der Waals surface area contributed by atoms with E-state index in [0.29, 0.717) is 16.9 Å². The van der Waals surface area contributed by atoms with Crippen molar-refractivity contribution in [3.63, 3.8) is 0 Å². The van der Waals surface area contributed by atoms with Crippen LogP contribution in [0.1, 0.15) is 17.2 Å². The molecule has 2 heterocycles. The minimum absolute atomic E-state index is 0.168. The molecule has 0 unspecified atom stereocenters. The lowest BCUT2D eigenvalue weighted by molar-refractivity contribution is -0.384. The molecule has 2 fully saturated rings. The summed E-state index contributed by atoms with van der Waals surface area (Å²) >= 11 is 6.46. The summed E-state index contributed by atoms with van der Waals surface area (Å²) in [6.45, 7) is 1.91. The second kappa shape index (κ2) is 7.99. The van der Waals surface area contributed by atoms with E-state index in [-0.39, 0.29) is 10.7 Å². The van der Waals surface area contributed by atoms with Crippen molar-refractivity contribution in [2.24, 2.45) is 5.92 Å². The number of para-hydroxylation sites is 1. The first kappa shape index (κ1) is 21.1. The average molecular weight is 464 g/mol. The number of hydrogen-bond donors (Lipinski definition) is 0. The van der Waals surface area contributed by atoms with Crippen LogP contribution in [0.5, 0.6) is 0 Å². The molecule has 8 nitrogen and oxygen atoms in total. The predicted octanol–water partition coefficient (Wildman–Crippen LogP) is 4.61. The zero-order chi connectivity index (χ0) is 23.3. The smallest absolute Gasteiger partial charge is 0.269 e. The van der Waals surface area contributed by atoms with Crippen LogP contribution >= 0.6 is 11.6 Å². The van der Waals surface area contributed by atoms with Gasteiger partial charge < -0.3 is 0 Å². The average Bonchev–Trinajstić information content (AvgIpc) is 3.31. The number of aryl methyl sites for hydroxylation is 1. The van der Waals surface area contributed by atoms with Gasteiger partial charge in [-0.2, -0.15) is 0 Å². The molecular formula is C24H18ClN3O5. The van der Waals surface area contributed by atoms with E-state index in [1.54, 1.807) is 36.4 Å². The number of hydroxylamine groups is 1. The van der Waals surface area contributed by atoms with Crippen molar-refractivity contribution in [1.82, 2.24) is 0 Å². The minimum Gasteiger partial charge on any atom is -0.273 e. The molecule has 3 aromatic rings. The molecule has 0 bridgehead atoms. The first-order valence-electron chi connectivity index (χ1n) is 10.3. The number of non-ortho nitro benzene ring substituents is 1. The van der Waals surface area contributed by atoms with Gasteiger partial charge in [-0.1, -0.05) is 47.5 Å². The van der Waals surface area contributed by atoms with Crippen molar-refractivity contribution in [3.05, 3.63) is 99.1 Å². The first-order chi connectivity index (χ1) is 15.9. The van der Waals surface area contributed by atoms with Crippen molar-refractivity contribution in [2.75, 3.05) is 9.96 Å². The molecule has 33 heavy (non-hydrogen) atoms. The lowest BCUT2D eigenvalue weighted by Gasteiger charge is -2.29. The van der Waals surface area contributed by atoms with Crippen LogP contribution in [0.4, 0.5) is 17.1 Å². The number of carbonyl (C=O) groups is 2. The normalized spacial score (nSPS) is 22.1. The molecule has 0 spiro atoms. The van der Waals surface area contributed by atoms with Crippen LogP contribution in [0.15, 0.2) is 72.8 Å². The van der Waals surface area contributed by atoms with E-state index in [9.17, 15) is 19.7 Å². The second-order valence-corrected chi connectivity index (χ2v) is 8.38. The molecule has 9 heteroatoms. The number of hydrogen-bond acceptors (Lipinski definition) is 6. The van der Waals surface area contributed by atoms with E-state index in [0.717, 1.165) is 10.5 Å². The maximum absolute atomic E-state index is 13.6. The van der Waals surface area contributed by atoms with Crippen LogP contribution in [-0.4, -0.2) is 22.8 Å². The molecule has 3 atom stereocenters. The van der Waals surface area contributed by atoms with Gasteiger partial charge in [-0.25, -0.2) is 9.96 Å². The summed E-state index contributed by atoms with van der Waals surface area (Å²) in [7, 11) is 0. The summed E-state index contributed by atoms with van der Waals surface area (Å²) in [6, 6.07) is 19.2. The van der Waals surface area contributed by atoms with Crippen molar-refractivity contribution in [3.8, 4) is 0 Å². The Morgan fingerprint density at radius 1 is 0.939 bits per heavy atom. The Bertz CT molecular complexity index is 1260. The molecule has 0 radical (unpaired) electrons. The fraction of sp³-hybridized carbons (Fsp3) is 0.167. The third kappa shape index (κ3) is 3.44. The molecule has 2 saturated heterocycles. The number of carbonyl (C=O) groups excluding carboxylic acids is 2. The summed E-state index contributed by atoms with van der Waals surface area (Å²) < 4.78 is 0. The Labute approximate surface area is 194 Å². The lowest BCUT2D eigenvalue weighted by Crippen LogP contribution is -2.37. The number of benzene rings is 3. The number of nitro groups is 1. The van der Waals surface area contributed by atoms with Gasteiger partial charge in [0.05, 0.1) is 22.3 Å². The summed E-state index contributed by atoms with van der Waals surface area (Å²) in [5, 5.41) is 13.1. The zero-order valence-corrected chi connectivity index (χ0v) is 18.2. The van der Waals surface area contributed by atoms with E-state index < -0.39 is 34.8 Å². The highest BCUT2D eigenvalue weighted by molar-refractivity contribution is 6.31. The molecule has 2 aliphatic rings. The highest BCUT2D eigenvalue weighted by Crippen LogP contribution is 2.49. The van der Waals surface area contributed by atoms with Gasteiger partial charge in [0, 0.05) is 22.7 Å². The summed E-state index contributed by atoms with van der Waals surface area (Å²) in [4.78, 5) is 45.0. The van der Waals surface area contributed by atoms with Crippen LogP contribution in [0.2, 0.25) is 5.02 Å². The van der Waals surface area contributed by atoms with Gasteiger partial charge >= 0.3 is 0 Å². The first-order valence-corrected chi connectivity index (χ1v) is 10.6. The van der Waals surface area contributed by atoms with Crippen LogP contribution in [0.3, 0.4) is 0 Å². The number of nitrogens with zero attached hydrogens (tertiary/aromatic N) is 3. The molecule has 0 N–H and O–H groups in total. The molecule has 5 rings (SSSR count). The number of rotatable bonds is 4. The van der Waals surface area contributed by atoms with Crippen LogP contribution < -0.4 is 9.96 Å². The standard InChI is InChI=1S/C24H18ClN3O5/c1-14-7-9-15(10-8-14)26-23(29)20-21(18-13-17(28(31)32)11-12-19(18)25)27(33-22(20)24(26)30)16-5-3-2-4-6-16/h2-13,20-22H,1H3/t20-,21-,22+/m1/s1. The van der Waals surface area contributed by atoms with E-state index in [1.807, 2.05) is 25.1 Å². The van der Waals surface area contributed by atoms with Crippen LogP contribution in [0, 0.1) is 23.0 Å². The van der Waals surface area contributed by atoms with Crippen LogP contribution in [0.25, 0.3) is 0 Å². The topological polar surface area (TPSA) is 93.0 Å². The molecule has 0 aliphatic carbocycles. The van der Waals surface area contributed by atoms with Gasteiger partial charge in [0.2, 0.25) is 5.91 Å². The third-order valence-electron chi connectivity index (χ3n) is 5.93. The lowest BCUT2D eigenvalue weighted by atomic mass is 9.90. The van der Waals surface area contributed by atoms with Crippen molar-refractivity contribution < 1.29 is 19.3 Å². The minimum atomic E-state index is -1.08. The predicted molar refractivity (Wildman–Crippen MR) is 122 cm³/mol. The van der Waals surface area contributed by atoms with E-state index in [1.165, 1.54) is 23.3 Å². The van der Waals surface area contributed by atoms with Gasteiger partial charge in [0.25, 0.3) is 11.6 Å². The van der Waals surface area contributed by atoms with E-state index in [2.05, 4.69) is 0 Å². The number of amides is 2. The SMILES string of the molecule is Cc1ccc(N2C(=O)[C@H]3[C@H](ON(c4ccccc4)[C@@H]3c3cc([N+](=O)[O-])ccc3Cl)C2=O)cc1. The second-order valence-electron chi connectivity index (χ2n) is 7.97. The fourth-order valence-electron chi connectivity index (χ4n) is 4.35. The van der Waals surface area contributed by atoms with Gasteiger partial charge in [0.15, 0.2) is 6.10 Å². The Morgan fingerprint density at radius 3 is 2.30 bits per heavy atom. The Hall–Kier alpha value is -3.75. The highest BCUT2D eigenvalue weighted by atomic mass is 35.5. The molecule has 2 aliphatic heterocycles. The fourth-order valence-corrected chi connectivity index (χ4v) is 4.58. The van der Waals surface area contributed by atoms with Gasteiger partial charge in [0.1, 0.15) is 5.92 Å². The number of fused-ring (bicyclic) bond motifs is 1. The Morgan fingerprint density at radius 2 is 1.64 bits per heavy atom. The molecule has 0 saturated carbocycles. The summed E-state index contributed by atoms with van der Waals surface area (Å²) in [6.07, 6.45) is -1.08. The van der Waals surface area contributed by atoms with Crippen molar-refractivity contribution in [2.45, 2.75) is 19.1 Å². The Kier molecular flexibility index (Phi) is 5.11. The van der Waals surface area contributed by atoms with Crippen molar-refractivity contribution in [1.29, 1.82) is 0 Å². The number of anilines is 2. The summed E-state index contributed by atoms with van der Waals surface area (Å²) in [5.41, 5.74) is 2.21. The van der Waals surface area contributed by atoms with E-state index >= 15 is 0 Å².